The molecule has 1 amide bonds. The molecule has 4 aromatic rings. The van der Waals surface area contributed by atoms with Gasteiger partial charge in [0.1, 0.15) is 0 Å². The molecule has 28 heavy (non-hydrogen) atoms. The number of hydrogen-bond acceptors (Lipinski definition) is 5. The lowest BCUT2D eigenvalue weighted by Gasteiger charge is -2.07. The highest BCUT2D eigenvalue weighted by molar-refractivity contribution is 7.99. The van der Waals surface area contributed by atoms with E-state index in [1.54, 1.807) is 29.5 Å². The first-order valence-electron chi connectivity index (χ1n) is 8.26. The summed E-state index contributed by atoms with van der Waals surface area (Å²) in [6.07, 6.45) is 0. The van der Waals surface area contributed by atoms with Gasteiger partial charge in [0, 0.05) is 33.1 Å². The quantitative estimate of drug-likeness (QED) is 0.395. The number of amides is 1. The monoisotopic (exact) mass is 448 g/mol. The molecule has 0 radical (unpaired) electrons. The van der Waals surface area contributed by atoms with Gasteiger partial charge in [-0.05, 0) is 24.3 Å². The molecule has 5 nitrogen and oxygen atoms in total. The average molecular weight is 449 g/mol. The van der Waals surface area contributed by atoms with Crippen LogP contribution in [-0.2, 0) is 11.8 Å². The SMILES string of the molecule is Cn1c(SCC(=O)Nc2ccc(Cl)cc2Cl)nnc1-c1csc2ccccc12. The summed E-state index contributed by atoms with van der Waals surface area (Å²) in [5.41, 5.74) is 1.57. The second-order valence-electron chi connectivity index (χ2n) is 5.97. The van der Waals surface area contributed by atoms with E-state index in [4.69, 9.17) is 23.2 Å². The van der Waals surface area contributed by atoms with Crippen molar-refractivity contribution in [2.24, 2.45) is 7.05 Å². The maximum absolute atomic E-state index is 12.3. The molecule has 2 heterocycles. The van der Waals surface area contributed by atoms with Gasteiger partial charge >= 0.3 is 0 Å². The number of thioether (sulfide) groups is 1. The number of carbonyl (C=O) groups is 1. The highest BCUT2D eigenvalue weighted by atomic mass is 35.5. The minimum atomic E-state index is -0.181. The Labute approximate surface area is 179 Å². The summed E-state index contributed by atoms with van der Waals surface area (Å²) >= 11 is 15.0. The molecule has 2 aromatic heterocycles. The average Bonchev–Trinajstić information content (AvgIpc) is 3.25. The molecule has 0 atom stereocenters. The van der Waals surface area contributed by atoms with E-state index in [1.165, 1.54) is 16.5 Å². The van der Waals surface area contributed by atoms with Crippen molar-refractivity contribution in [1.82, 2.24) is 14.8 Å². The third kappa shape index (κ3) is 3.89. The minimum absolute atomic E-state index is 0.181. The molecule has 0 aliphatic rings. The minimum Gasteiger partial charge on any atom is -0.324 e. The fraction of sp³-hybridized carbons (Fsp3) is 0.105. The molecule has 142 valence electrons. The third-order valence-corrected chi connectivity index (χ3v) is 6.63. The number of carbonyl (C=O) groups excluding carboxylic acids is 1. The number of thiophene rings is 1. The van der Waals surface area contributed by atoms with Crippen molar-refractivity contribution in [3.63, 3.8) is 0 Å². The Kier molecular flexibility index (Phi) is 5.59. The van der Waals surface area contributed by atoms with Crippen LogP contribution in [0, 0.1) is 0 Å². The predicted octanol–water partition coefficient (Wildman–Crippen LogP) is 5.73. The van der Waals surface area contributed by atoms with Gasteiger partial charge in [-0.3, -0.25) is 4.79 Å². The highest BCUT2D eigenvalue weighted by Crippen LogP contribution is 2.34. The first-order chi connectivity index (χ1) is 13.5. The standard InChI is InChI=1S/C19H14Cl2N4OS2/c1-25-18(13-9-27-16-5-3-2-4-12(13)16)23-24-19(25)28-10-17(26)22-15-7-6-11(20)8-14(15)21/h2-9H,10H2,1H3,(H,22,26). The molecule has 0 saturated carbocycles. The molecule has 2 aromatic carbocycles. The summed E-state index contributed by atoms with van der Waals surface area (Å²) in [6.45, 7) is 0. The number of fused-ring (bicyclic) bond motifs is 1. The Bertz CT molecular complexity index is 1170. The summed E-state index contributed by atoms with van der Waals surface area (Å²) in [5.74, 6) is 0.788. The van der Waals surface area contributed by atoms with Crippen molar-refractivity contribution in [1.29, 1.82) is 0 Å². The lowest BCUT2D eigenvalue weighted by Crippen LogP contribution is -2.14. The fourth-order valence-electron chi connectivity index (χ4n) is 2.73. The first kappa shape index (κ1) is 19.3. The van der Waals surface area contributed by atoms with Crippen LogP contribution in [0.25, 0.3) is 21.5 Å². The molecular formula is C19H14Cl2N4OS2. The van der Waals surface area contributed by atoms with Crippen LogP contribution in [0.3, 0.4) is 0 Å². The van der Waals surface area contributed by atoms with E-state index >= 15 is 0 Å². The molecule has 4 rings (SSSR count). The molecule has 0 aliphatic carbocycles. The fourth-order valence-corrected chi connectivity index (χ4v) is 4.84. The van der Waals surface area contributed by atoms with Crippen LogP contribution in [0.4, 0.5) is 5.69 Å². The number of nitrogens with one attached hydrogen (secondary N) is 1. The summed E-state index contributed by atoms with van der Waals surface area (Å²) in [7, 11) is 1.90. The van der Waals surface area contributed by atoms with Crippen molar-refractivity contribution in [2.45, 2.75) is 5.16 Å². The molecule has 0 fully saturated rings. The maximum Gasteiger partial charge on any atom is 0.234 e. The molecule has 0 aliphatic heterocycles. The van der Waals surface area contributed by atoms with Gasteiger partial charge in [-0.2, -0.15) is 0 Å². The van der Waals surface area contributed by atoms with E-state index in [1.807, 2.05) is 23.7 Å². The Morgan fingerprint density at radius 3 is 2.86 bits per heavy atom. The lowest BCUT2D eigenvalue weighted by atomic mass is 10.2. The van der Waals surface area contributed by atoms with Crippen molar-refractivity contribution in [3.05, 3.63) is 57.9 Å². The number of aromatic nitrogens is 3. The molecule has 0 saturated heterocycles. The van der Waals surface area contributed by atoms with Gasteiger partial charge in [-0.1, -0.05) is 53.2 Å². The number of nitrogens with zero attached hydrogens (tertiary/aromatic N) is 3. The van der Waals surface area contributed by atoms with Crippen LogP contribution in [0.5, 0.6) is 0 Å². The zero-order valence-corrected chi connectivity index (χ0v) is 17.8. The molecule has 0 bridgehead atoms. The van der Waals surface area contributed by atoms with E-state index in [-0.39, 0.29) is 11.7 Å². The van der Waals surface area contributed by atoms with Gasteiger partial charge in [0.2, 0.25) is 5.91 Å². The van der Waals surface area contributed by atoms with Crippen LogP contribution < -0.4 is 5.32 Å². The molecule has 9 heteroatoms. The zero-order chi connectivity index (χ0) is 19.7. The number of halogens is 2. The smallest absolute Gasteiger partial charge is 0.234 e. The second-order valence-corrected chi connectivity index (χ2v) is 8.67. The zero-order valence-electron chi connectivity index (χ0n) is 14.6. The van der Waals surface area contributed by atoms with Gasteiger partial charge in [0.05, 0.1) is 16.5 Å². The Hall–Kier alpha value is -2.06. The summed E-state index contributed by atoms with van der Waals surface area (Å²) in [4.78, 5) is 12.3. The van der Waals surface area contributed by atoms with Crippen molar-refractivity contribution in [3.8, 4) is 11.4 Å². The summed E-state index contributed by atoms with van der Waals surface area (Å²) < 4.78 is 3.11. The molecular weight excluding hydrogens is 435 g/mol. The largest absolute Gasteiger partial charge is 0.324 e. The van der Waals surface area contributed by atoms with E-state index in [0.717, 1.165) is 16.8 Å². The molecule has 1 N–H and O–H groups in total. The maximum atomic E-state index is 12.3. The van der Waals surface area contributed by atoms with E-state index < -0.39 is 0 Å². The number of hydrogen-bond donors (Lipinski definition) is 1. The van der Waals surface area contributed by atoms with E-state index in [9.17, 15) is 4.79 Å². The van der Waals surface area contributed by atoms with Crippen LogP contribution in [-0.4, -0.2) is 26.4 Å². The summed E-state index contributed by atoms with van der Waals surface area (Å²) in [6, 6.07) is 13.1. The predicted molar refractivity (Wildman–Crippen MR) is 118 cm³/mol. The van der Waals surface area contributed by atoms with Crippen LogP contribution in [0.1, 0.15) is 0 Å². The topological polar surface area (TPSA) is 59.8 Å². The van der Waals surface area contributed by atoms with Gasteiger partial charge in [-0.25, -0.2) is 0 Å². The highest BCUT2D eigenvalue weighted by Gasteiger charge is 2.16. The van der Waals surface area contributed by atoms with Crippen LogP contribution >= 0.6 is 46.3 Å². The van der Waals surface area contributed by atoms with Crippen LogP contribution in [0.2, 0.25) is 10.0 Å². The second kappa shape index (κ2) is 8.13. The van der Waals surface area contributed by atoms with E-state index in [0.29, 0.717) is 20.9 Å². The Morgan fingerprint density at radius 2 is 2.04 bits per heavy atom. The Morgan fingerprint density at radius 1 is 1.21 bits per heavy atom. The van der Waals surface area contributed by atoms with Gasteiger partial charge < -0.3 is 9.88 Å². The van der Waals surface area contributed by atoms with E-state index in [2.05, 4.69) is 33.0 Å². The van der Waals surface area contributed by atoms with Crippen molar-refractivity contribution < 1.29 is 4.79 Å². The number of benzene rings is 2. The lowest BCUT2D eigenvalue weighted by molar-refractivity contribution is -0.113. The Balaban J connectivity index is 1.47. The van der Waals surface area contributed by atoms with Crippen molar-refractivity contribution in [2.75, 3.05) is 11.1 Å². The van der Waals surface area contributed by atoms with Gasteiger partial charge in [0.15, 0.2) is 11.0 Å². The van der Waals surface area contributed by atoms with Gasteiger partial charge in [0.25, 0.3) is 0 Å². The number of rotatable bonds is 5. The number of anilines is 1. The first-order valence-corrected chi connectivity index (χ1v) is 10.9. The summed E-state index contributed by atoms with van der Waals surface area (Å²) in [5, 5.41) is 16.2. The van der Waals surface area contributed by atoms with Gasteiger partial charge in [-0.15, -0.1) is 21.5 Å². The molecule has 0 spiro atoms. The van der Waals surface area contributed by atoms with Crippen LogP contribution in [0.15, 0.2) is 53.0 Å². The third-order valence-electron chi connectivity index (χ3n) is 4.09. The van der Waals surface area contributed by atoms with Crippen molar-refractivity contribution >= 4 is 68.0 Å². The molecule has 0 unspecified atom stereocenters. The normalized spacial score (nSPS) is 11.1.